The van der Waals surface area contributed by atoms with E-state index in [4.69, 9.17) is 0 Å². The third-order valence-electron chi connectivity index (χ3n) is 5.74. The quantitative estimate of drug-likeness (QED) is 0.821. The summed E-state index contributed by atoms with van der Waals surface area (Å²) in [6, 6.07) is 7.82. The van der Waals surface area contributed by atoms with Gasteiger partial charge in [-0.2, -0.15) is 0 Å². The van der Waals surface area contributed by atoms with Crippen molar-refractivity contribution in [2.75, 3.05) is 19.6 Å². The third kappa shape index (κ3) is 2.43. The van der Waals surface area contributed by atoms with Crippen molar-refractivity contribution in [1.82, 2.24) is 14.8 Å². The maximum absolute atomic E-state index is 13.2. The van der Waals surface area contributed by atoms with E-state index in [9.17, 15) is 14.7 Å². The van der Waals surface area contributed by atoms with Crippen molar-refractivity contribution in [2.45, 2.75) is 25.4 Å². The van der Waals surface area contributed by atoms with Crippen LogP contribution in [0.4, 0.5) is 0 Å². The minimum Gasteiger partial charge on any atom is -0.392 e. The van der Waals surface area contributed by atoms with Gasteiger partial charge in [-0.3, -0.25) is 9.59 Å². The summed E-state index contributed by atoms with van der Waals surface area (Å²) in [5.41, 5.74) is 0.797. The second-order valence-electron chi connectivity index (χ2n) is 7.22. The Bertz CT molecular complexity index is 844. The number of aliphatic hydroxyl groups is 1. The third-order valence-corrected chi connectivity index (χ3v) is 5.74. The Morgan fingerprint density at radius 3 is 2.96 bits per heavy atom. The molecule has 2 atom stereocenters. The number of rotatable bonds is 1. The Morgan fingerprint density at radius 1 is 1.36 bits per heavy atom. The number of aliphatic hydroxyl groups excluding tert-OH is 1. The van der Waals surface area contributed by atoms with E-state index in [2.05, 4.69) is 5.32 Å². The smallest absolute Gasteiger partial charge is 0.256 e. The molecule has 6 heteroatoms. The summed E-state index contributed by atoms with van der Waals surface area (Å²) in [6.45, 7) is 1.39. The molecule has 2 amide bonds. The highest BCUT2D eigenvalue weighted by Gasteiger charge is 2.50. The van der Waals surface area contributed by atoms with Crippen molar-refractivity contribution in [3.63, 3.8) is 0 Å². The van der Waals surface area contributed by atoms with Crippen LogP contribution in [0.15, 0.2) is 30.5 Å². The normalized spacial score (nSPS) is 26.9. The maximum atomic E-state index is 13.2. The molecule has 132 valence electrons. The fourth-order valence-electron chi connectivity index (χ4n) is 4.30. The second kappa shape index (κ2) is 5.88. The number of nitrogens with one attached hydrogen (secondary N) is 1. The Balaban J connectivity index is 1.67. The molecule has 0 bridgehead atoms. The number of aryl methyl sites for hydroxylation is 1. The summed E-state index contributed by atoms with van der Waals surface area (Å²) in [4.78, 5) is 27.4. The van der Waals surface area contributed by atoms with Crippen molar-refractivity contribution in [3.8, 4) is 0 Å². The molecule has 2 aromatic rings. The SMILES string of the molecule is Cn1cc(C(=O)N2CC[C@@H](O)[C@@]3(CCCNC3=O)C2)c2ccccc21. The van der Waals surface area contributed by atoms with E-state index in [1.807, 2.05) is 42.1 Å². The average molecular weight is 341 g/mol. The molecule has 0 saturated carbocycles. The number of carbonyl (C=O) groups excluding carboxylic acids is 2. The Kier molecular flexibility index (Phi) is 3.80. The molecule has 3 heterocycles. The lowest BCUT2D eigenvalue weighted by Crippen LogP contribution is -2.62. The number of amides is 2. The summed E-state index contributed by atoms with van der Waals surface area (Å²) in [5, 5.41) is 14.3. The Morgan fingerprint density at radius 2 is 2.16 bits per heavy atom. The predicted molar refractivity (Wildman–Crippen MR) is 94.1 cm³/mol. The van der Waals surface area contributed by atoms with Gasteiger partial charge in [-0.1, -0.05) is 18.2 Å². The van der Waals surface area contributed by atoms with Gasteiger partial charge in [-0.15, -0.1) is 0 Å². The summed E-state index contributed by atoms with van der Waals surface area (Å²) >= 11 is 0. The minimum absolute atomic E-state index is 0.0681. The van der Waals surface area contributed by atoms with Gasteiger partial charge in [0, 0.05) is 43.8 Å². The summed E-state index contributed by atoms with van der Waals surface area (Å²) in [6.07, 6.45) is 3.05. The van der Waals surface area contributed by atoms with E-state index >= 15 is 0 Å². The first kappa shape index (κ1) is 16.1. The highest BCUT2D eigenvalue weighted by atomic mass is 16.3. The molecule has 6 nitrogen and oxygen atoms in total. The fraction of sp³-hybridized carbons (Fsp3) is 0.474. The lowest BCUT2D eigenvalue weighted by Gasteiger charge is -2.46. The summed E-state index contributed by atoms with van der Waals surface area (Å²) < 4.78 is 1.95. The monoisotopic (exact) mass is 341 g/mol. The number of carbonyl (C=O) groups is 2. The van der Waals surface area contributed by atoms with Crippen molar-refractivity contribution < 1.29 is 14.7 Å². The van der Waals surface area contributed by atoms with E-state index in [1.165, 1.54) is 0 Å². The molecule has 4 rings (SSSR count). The van der Waals surface area contributed by atoms with Crippen molar-refractivity contribution in [1.29, 1.82) is 0 Å². The highest BCUT2D eigenvalue weighted by molar-refractivity contribution is 6.07. The molecule has 2 aliphatic heterocycles. The van der Waals surface area contributed by atoms with Gasteiger partial charge in [0.25, 0.3) is 5.91 Å². The molecule has 0 aliphatic carbocycles. The van der Waals surface area contributed by atoms with Crippen molar-refractivity contribution in [2.24, 2.45) is 12.5 Å². The maximum Gasteiger partial charge on any atom is 0.256 e. The molecule has 2 fully saturated rings. The van der Waals surface area contributed by atoms with Crippen LogP contribution in [0.3, 0.4) is 0 Å². The molecule has 0 unspecified atom stereocenters. The van der Waals surface area contributed by atoms with Crippen LogP contribution in [0, 0.1) is 5.41 Å². The summed E-state index contributed by atoms with van der Waals surface area (Å²) in [5.74, 6) is -0.192. The van der Waals surface area contributed by atoms with Crippen LogP contribution in [-0.2, 0) is 11.8 Å². The Labute approximate surface area is 146 Å². The first-order valence-electron chi connectivity index (χ1n) is 8.83. The number of aromatic nitrogens is 1. The Hall–Kier alpha value is -2.34. The van der Waals surface area contributed by atoms with Crippen LogP contribution in [0.5, 0.6) is 0 Å². The number of hydrogen-bond acceptors (Lipinski definition) is 3. The van der Waals surface area contributed by atoms with E-state index in [0.717, 1.165) is 17.3 Å². The molecule has 25 heavy (non-hydrogen) atoms. The largest absolute Gasteiger partial charge is 0.392 e. The van der Waals surface area contributed by atoms with E-state index in [-0.39, 0.29) is 18.4 Å². The number of fused-ring (bicyclic) bond motifs is 1. The number of piperidine rings is 2. The molecule has 1 aromatic carbocycles. The number of hydrogen-bond donors (Lipinski definition) is 2. The first-order chi connectivity index (χ1) is 12.0. The van der Waals surface area contributed by atoms with Crippen LogP contribution in [0.1, 0.15) is 29.6 Å². The highest BCUT2D eigenvalue weighted by Crippen LogP contribution is 2.38. The van der Waals surface area contributed by atoms with E-state index < -0.39 is 11.5 Å². The minimum atomic E-state index is -0.864. The topological polar surface area (TPSA) is 74.6 Å². The molecule has 2 N–H and O–H groups in total. The van der Waals surface area contributed by atoms with Gasteiger partial charge >= 0.3 is 0 Å². The van der Waals surface area contributed by atoms with Gasteiger partial charge in [0.2, 0.25) is 5.91 Å². The zero-order chi connectivity index (χ0) is 17.6. The zero-order valence-electron chi connectivity index (χ0n) is 14.4. The van der Waals surface area contributed by atoms with E-state index in [0.29, 0.717) is 31.5 Å². The van der Waals surface area contributed by atoms with Gasteiger partial charge in [-0.05, 0) is 25.3 Å². The van der Waals surface area contributed by atoms with E-state index in [1.54, 1.807) is 4.90 Å². The lowest BCUT2D eigenvalue weighted by atomic mass is 9.71. The predicted octanol–water partition coefficient (Wildman–Crippen LogP) is 1.28. The van der Waals surface area contributed by atoms with Gasteiger partial charge in [0.05, 0.1) is 17.1 Å². The van der Waals surface area contributed by atoms with Crippen LogP contribution >= 0.6 is 0 Å². The molecule has 0 radical (unpaired) electrons. The first-order valence-corrected chi connectivity index (χ1v) is 8.83. The van der Waals surface area contributed by atoms with Gasteiger partial charge in [-0.25, -0.2) is 0 Å². The fourth-order valence-corrected chi connectivity index (χ4v) is 4.30. The van der Waals surface area contributed by atoms with Crippen LogP contribution in [0.2, 0.25) is 0 Å². The lowest BCUT2D eigenvalue weighted by molar-refractivity contribution is -0.147. The van der Waals surface area contributed by atoms with Crippen LogP contribution in [-0.4, -0.2) is 52.1 Å². The number of benzene rings is 1. The number of para-hydroxylation sites is 1. The zero-order valence-corrected chi connectivity index (χ0v) is 14.4. The molecular formula is C19H23N3O3. The summed E-state index contributed by atoms with van der Waals surface area (Å²) in [7, 11) is 1.93. The van der Waals surface area contributed by atoms with Gasteiger partial charge in [0.1, 0.15) is 0 Å². The number of likely N-dealkylation sites (tertiary alicyclic amines) is 1. The molecule has 1 aromatic heterocycles. The van der Waals surface area contributed by atoms with Crippen molar-refractivity contribution in [3.05, 3.63) is 36.0 Å². The van der Waals surface area contributed by atoms with Crippen LogP contribution < -0.4 is 5.32 Å². The second-order valence-corrected chi connectivity index (χ2v) is 7.22. The molecule has 2 aliphatic rings. The standard InChI is InChI=1S/C19H23N3O3/c1-21-11-14(13-5-2-3-6-15(13)21)17(24)22-10-7-16(23)19(12-22)8-4-9-20-18(19)25/h2-3,5-6,11,16,23H,4,7-10,12H2,1H3,(H,20,25)/t16-,19-/m1/s1. The van der Waals surface area contributed by atoms with Gasteiger partial charge < -0.3 is 19.9 Å². The van der Waals surface area contributed by atoms with Gasteiger partial charge in [0.15, 0.2) is 0 Å². The van der Waals surface area contributed by atoms with Crippen molar-refractivity contribution >= 4 is 22.7 Å². The van der Waals surface area contributed by atoms with Crippen LogP contribution in [0.25, 0.3) is 10.9 Å². The molecule has 1 spiro atoms. The molecular weight excluding hydrogens is 318 g/mol. The number of nitrogens with zero attached hydrogens (tertiary/aromatic N) is 2. The molecule has 2 saturated heterocycles. The average Bonchev–Trinajstić information content (AvgIpc) is 2.96.